The van der Waals surface area contributed by atoms with Crippen LogP contribution in [0.4, 0.5) is 5.69 Å². The fourth-order valence-corrected chi connectivity index (χ4v) is 4.51. The lowest BCUT2D eigenvalue weighted by molar-refractivity contribution is 0.0790. The van der Waals surface area contributed by atoms with Crippen LogP contribution in [0, 0.1) is 6.92 Å². The van der Waals surface area contributed by atoms with Crippen LogP contribution in [-0.2, 0) is 6.42 Å². The first-order valence-corrected chi connectivity index (χ1v) is 10.3. The van der Waals surface area contributed by atoms with Gasteiger partial charge in [-0.1, -0.05) is 5.16 Å². The number of nitrogens with zero attached hydrogens (tertiary/aromatic N) is 6. The van der Waals surface area contributed by atoms with Gasteiger partial charge in [0.15, 0.2) is 0 Å². The second-order valence-electron chi connectivity index (χ2n) is 8.06. The van der Waals surface area contributed by atoms with Gasteiger partial charge in [0.25, 0.3) is 5.91 Å². The molecule has 30 heavy (non-hydrogen) atoms. The molecule has 2 aliphatic rings. The fraction of sp³-hybridized carbons (Fsp3) is 0.409. The molecular weight excluding hydrogens is 380 g/mol. The van der Waals surface area contributed by atoms with Crippen molar-refractivity contribution in [1.82, 2.24) is 25.0 Å². The van der Waals surface area contributed by atoms with Gasteiger partial charge in [-0.2, -0.15) is 4.98 Å². The normalized spacial score (nSPS) is 18.5. The predicted octanol–water partition coefficient (Wildman–Crippen LogP) is 2.85. The molecule has 8 nitrogen and oxygen atoms in total. The predicted molar refractivity (Wildman–Crippen MR) is 111 cm³/mol. The van der Waals surface area contributed by atoms with Crippen LogP contribution in [-0.4, -0.2) is 57.6 Å². The van der Waals surface area contributed by atoms with Crippen LogP contribution in [0.5, 0.6) is 0 Å². The molecule has 1 amide bonds. The third kappa shape index (κ3) is 3.32. The number of aromatic nitrogens is 4. The minimum absolute atomic E-state index is 0.0829. The molecule has 5 rings (SSSR count). The van der Waals surface area contributed by atoms with Crippen molar-refractivity contribution in [3.63, 3.8) is 0 Å². The standard InChI is InChI=1S/C22H24N6O2/c1-14-25-21(26-30-14)18-11-23-13-24-20(18)17-7-9-28(12-17)22(29)16-5-6-19-15(10-16)4-3-8-27(19)2/h5-6,10-11,13,17H,3-4,7-9,12H2,1-2H3. The van der Waals surface area contributed by atoms with E-state index in [1.807, 2.05) is 11.0 Å². The molecule has 0 radical (unpaired) electrons. The Kier molecular flexibility index (Phi) is 4.69. The van der Waals surface area contributed by atoms with Crippen molar-refractivity contribution >= 4 is 11.6 Å². The average molecular weight is 404 g/mol. The summed E-state index contributed by atoms with van der Waals surface area (Å²) in [5, 5.41) is 4.02. The summed E-state index contributed by atoms with van der Waals surface area (Å²) in [4.78, 5) is 30.3. The fourth-order valence-electron chi connectivity index (χ4n) is 4.51. The summed E-state index contributed by atoms with van der Waals surface area (Å²) in [5.74, 6) is 1.20. The first-order valence-electron chi connectivity index (χ1n) is 10.3. The highest BCUT2D eigenvalue weighted by Gasteiger charge is 2.31. The van der Waals surface area contributed by atoms with Gasteiger partial charge < -0.3 is 14.3 Å². The van der Waals surface area contributed by atoms with Gasteiger partial charge in [0.1, 0.15) is 6.33 Å². The van der Waals surface area contributed by atoms with Crippen LogP contribution in [0.1, 0.15) is 46.3 Å². The Hall–Kier alpha value is -3.29. The Labute approximate surface area is 174 Å². The van der Waals surface area contributed by atoms with Gasteiger partial charge >= 0.3 is 0 Å². The van der Waals surface area contributed by atoms with Crippen molar-refractivity contribution in [2.45, 2.75) is 32.1 Å². The van der Waals surface area contributed by atoms with Crippen molar-refractivity contribution in [3.8, 4) is 11.4 Å². The summed E-state index contributed by atoms with van der Waals surface area (Å²) in [7, 11) is 2.11. The maximum atomic E-state index is 13.2. The lowest BCUT2D eigenvalue weighted by atomic mass is 9.99. The molecule has 0 aliphatic carbocycles. The molecule has 1 atom stereocenters. The third-order valence-corrected chi connectivity index (χ3v) is 6.05. The van der Waals surface area contributed by atoms with Crippen LogP contribution in [0.25, 0.3) is 11.4 Å². The number of aryl methyl sites for hydroxylation is 2. The van der Waals surface area contributed by atoms with E-state index >= 15 is 0 Å². The number of fused-ring (bicyclic) bond motifs is 1. The van der Waals surface area contributed by atoms with Crippen molar-refractivity contribution in [2.75, 3.05) is 31.6 Å². The molecule has 0 bridgehead atoms. The average Bonchev–Trinajstić information content (AvgIpc) is 3.42. The Balaban J connectivity index is 1.36. The second kappa shape index (κ2) is 7.51. The highest BCUT2D eigenvalue weighted by Crippen LogP contribution is 2.33. The quantitative estimate of drug-likeness (QED) is 0.663. The van der Waals surface area contributed by atoms with Crippen LogP contribution in [0.3, 0.4) is 0 Å². The minimum Gasteiger partial charge on any atom is -0.374 e. The maximum absolute atomic E-state index is 13.2. The molecule has 0 N–H and O–H groups in total. The number of rotatable bonds is 3. The molecule has 1 aromatic carbocycles. The van der Waals surface area contributed by atoms with Crippen molar-refractivity contribution in [2.24, 2.45) is 0 Å². The Morgan fingerprint density at radius 1 is 1.27 bits per heavy atom. The van der Waals surface area contributed by atoms with Gasteiger partial charge in [0, 0.05) is 57.0 Å². The smallest absolute Gasteiger partial charge is 0.253 e. The van der Waals surface area contributed by atoms with Gasteiger partial charge in [-0.05, 0) is 43.0 Å². The SMILES string of the molecule is Cc1nc(-c2cncnc2C2CCN(C(=O)c3ccc4c(c3)CCCN4C)C2)no1. The second-order valence-corrected chi connectivity index (χ2v) is 8.06. The Morgan fingerprint density at radius 2 is 2.17 bits per heavy atom. The monoisotopic (exact) mass is 404 g/mol. The lowest BCUT2D eigenvalue weighted by Gasteiger charge is -2.28. The largest absolute Gasteiger partial charge is 0.374 e. The number of hydrogen-bond donors (Lipinski definition) is 0. The molecule has 2 aliphatic heterocycles. The number of hydrogen-bond acceptors (Lipinski definition) is 7. The van der Waals surface area contributed by atoms with E-state index in [-0.39, 0.29) is 11.8 Å². The number of anilines is 1. The molecular formula is C22H24N6O2. The van der Waals surface area contributed by atoms with E-state index in [1.54, 1.807) is 13.1 Å². The van der Waals surface area contributed by atoms with E-state index < -0.39 is 0 Å². The first-order chi connectivity index (χ1) is 14.6. The number of amides is 1. The van der Waals surface area contributed by atoms with E-state index in [0.29, 0.717) is 24.8 Å². The number of likely N-dealkylation sites (tertiary alicyclic amines) is 1. The zero-order valence-electron chi connectivity index (χ0n) is 17.2. The van der Waals surface area contributed by atoms with Crippen LogP contribution < -0.4 is 4.90 Å². The van der Waals surface area contributed by atoms with E-state index in [9.17, 15) is 4.79 Å². The molecule has 3 aromatic rings. The third-order valence-electron chi connectivity index (χ3n) is 6.05. The summed E-state index contributed by atoms with van der Waals surface area (Å²) in [5.41, 5.74) is 4.90. The molecule has 8 heteroatoms. The molecule has 1 saturated heterocycles. The zero-order chi connectivity index (χ0) is 20.7. The molecule has 0 saturated carbocycles. The molecule has 4 heterocycles. The van der Waals surface area contributed by atoms with Crippen LogP contribution in [0.2, 0.25) is 0 Å². The number of carbonyl (C=O) groups is 1. The Morgan fingerprint density at radius 3 is 3.00 bits per heavy atom. The summed E-state index contributed by atoms with van der Waals surface area (Å²) in [6.45, 7) is 4.15. The minimum atomic E-state index is 0.0829. The molecule has 1 fully saturated rings. The van der Waals surface area contributed by atoms with Gasteiger partial charge in [-0.15, -0.1) is 0 Å². The molecule has 0 spiro atoms. The summed E-state index contributed by atoms with van der Waals surface area (Å²) in [6.07, 6.45) is 6.25. The lowest BCUT2D eigenvalue weighted by Crippen LogP contribution is -2.29. The summed E-state index contributed by atoms with van der Waals surface area (Å²) < 4.78 is 5.12. The van der Waals surface area contributed by atoms with Gasteiger partial charge in [0.2, 0.25) is 11.7 Å². The number of benzene rings is 1. The van der Waals surface area contributed by atoms with E-state index in [2.05, 4.69) is 44.2 Å². The molecule has 1 unspecified atom stereocenters. The highest BCUT2D eigenvalue weighted by molar-refractivity contribution is 5.95. The van der Waals surface area contributed by atoms with E-state index in [4.69, 9.17) is 4.52 Å². The van der Waals surface area contributed by atoms with Gasteiger partial charge in [0.05, 0.1) is 11.3 Å². The van der Waals surface area contributed by atoms with Crippen molar-refractivity contribution < 1.29 is 9.32 Å². The zero-order valence-corrected chi connectivity index (χ0v) is 17.2. The number of carbonyl (C=O) groups excluding carboxylic acids is 1. The highest BCUT2D eigenvalue weighted by atomic mass is 16.5. The molecule has 154 valence electrons. The van der Waals surface area contributed by atoms with E-state index in [1.165, 1.54) is 17.6 Å². The maximum Gasteiger partial charge on any atom is 0.253 e. The van der Waals surface area contributed by atoms with Gasteiger partial charge in [-0.3, -0.25) is 4.79 Å². The Bertz CT molecular complexity index is 1090. The van der Waals surface area contributed by atoms with Gasteiger partial charge in [-0.25, -0.2) is 9.97 Å². The topological polar surface area (TPSA) is 88.3 Å². The van der Waals surface area contributed by atoms with Crippen molar-refractivity contribution in [1.29, 1.82) is 0 Å². The molecule has 2 aromatic heterocycles. The van der Waals surface area contributed by atoms with Crippen LogP contribution in [0.15, 0.2) is 35.2 Å². The summed E-state index contributed by atoms with van der Waals surface area (Å²) in [6, 6.07) is 6.10. The van der Waals surface area contributed by atoms with Crippen molar-refractivity contribution in [3.05, 3.63) is 53.4 Å². The summed E-state index contributed by atoms with van der Waals surface area (Å²) >= 11 is 0. The van der Waals surface area contributed by atoms with E-state index in [0.717, 1.165) is 42.6 Å². The first kappa shape index (κ1) is 18.7. The van der Waals surface area contributed by atoms with Crippen LogP contribution >= 0.6 is 0 Å².